The summed E-state index contributed by atoms with van der Waals surface area (Å²) >= 11 is 0. The van der Waals surface area contributed by atoms with Crippen LogP contribution in [0.2, 0.25) is 0 Å². The molecule has 2 atom stereocenters. The molecule has 1 amide bonds. The highest BCUT2D eigenvalue weighted by atomic mass is 32.2. The van der Waals surface area contributed by atoms with Gasteiger partial charge in [-0.1, -0.05) is 6.92 Å². The van der Waals surface area contributed by atoms with Crippen molar-refractivity contribution < 1.29 is 17.9 Å². The van der Waals surface area contributed by atoms with Gasteiger partial charge in [0.2, 0.25) is 0 Å². The highest BCUT2D eigenvalue weighted by Gasteiger charge is 2.38. The number of nitrogens with zero attached hydrogens (tertiary/aromatic N) is 1. The SMILES string of the molecule is CC(C)OC(=O)NS(=O)(=O)N1CCC(C)C1CN. The third-order valence-corrected chi connectivity index (χ3v) is 4.43. The minimum Gasteiger partial charge on any atom is -0.446 e. The molecule has 1 aliphatic heterocycles. The molecule has 0 spiro atoms. The van der Waals surface area contributed by atoms with Gasteiger partial charge in [0.1, 0.15) is 0 Å². The molecule has 0 aromatic rings. The number of ether oxygens (including phenoxy) is 1. The first-order valence-electron chi connectivity index (χ1n) is 5.98. The first-order valence-corrected chi connectivity index (χ1v) is 7.42. The van der Waals surface area contributed by atoms with E-state index in [0.717, 1.165) is 6.42 Å². The van der Waals surface area contributed by atoms with Gasteiger partial charge in [-0.2, -0.15) is 12.7 Å². The molecule has 0 aliphatic carbocycles. The van der Waals surface area contributed by atoms with E-state index in [0.29, 0.717) is 6.54 Å². The zero-order valence-electron chi connectivity index (χ0n) is 10.9. The lowest BCUT2D eigenvalue weighted by Gasteiger charge is -2.24. The van der Waals surface area contributed by atoms with E-state index in [1.54, 1.807) is 13.8 Å². The summed E-state index contributed by atoms with van der Waals surface area (Å²) in [4.78, 5) is 11.3. The zero-order chi connectivity index (χ0) is 13.9. The molecule has 0 aromatic heterocycles. The molecule has 1 saturated heterocycles. The lowest BCUT2D eigenvalue weighted by atomic mass is 10.0. The van der Waals surface area contributed by atoms with Crippen molar-refractivity contribution in [2.24, 2.45) is 11.7 Å². The predicted octanol–water partition coefficient (Wildman–Crippen LogP) is 0.0349. The second-order valence-corrected chi connectivity index (χ2v) is 6.36. The largest absolute Gasteiger partial charge is 0.446 e. The Kier molecular flexibility index (Phi) is 4.94. The van der Waals surface area contributed by atoms with Crippen LogP contribution in [0.4, 0.5) is 4.79 Å². The summed E-state index contributed by atoms with van der Waals surface area (Å²) in [5.74, 6) is 0.188. The van der Waals surface area contributed by atoms with Gasteiger partial charge in [0, 0.05) is 19.1 Å². The lowest BCUT2D eigenvalue weighted by molar-refractivity contribution is 0.121. The second kappa shape index (κ2) is 5.85. The summed E-state index contributed by atoms with van der Waals surface area (Å²) in [5, 5.41) is 0. The van der Waals surface area contributed by atoms with Gasteiger partial charge in [-0.25, -0.2) is 9.52 Å². The maximum absolute atomic E-state index is 12.0. The average molecular weight is 279 g/mol. The highest BCUT2D eigenvalue weighted by molar-refractivity contribution is 7.87. The molecule has 1 fully saturated rings. The molecule has 0 aromatic carbocycles. The Morgan fingerprint density at radius 2 is 2.17 bits per heavy atom. The second-order valence-electron chi connectivity index (χ2n) is 4.74. The van der Waals surface area contributed by atoms with E-state index in [4.69, 9.17) is 10.5 Å². The van der Waals surface area contributed by atoms with E-state index >= 15 is 0 Å². The molecule has 1 heterocycles. The van der Waals surface area contributed by atoms with E-state index in [-0.39, 0.29) is 24.6 Å². The van der Waals surface area contributed by atoms with Gasteiger partial charge in [-0.3, -0.25) is 0 Å². The van der Waals surface area contributed by atoms with E-state index in [9.17, 15) is 13.2 Å². The van der Waals surface area contributed by atoms with E-state index in [1.807, 2.05) is 11.6 Å². The Labute approximate surface area is 108 Å². The van der Waals surface area contributed by atoms with E-state index in [2.05, 4.69) is 0 Å². The topological polar surface area (TPSA) is 102 Å². The highest BCUT2D eigenvalue weighted by Crippen LogP contribution is 2.25. The van der Waals surface area contributed by atoms with Crippen LogP contribution in [0.15, 0.2) is 0 Å². The zero-order valence-corrected chi connectivity index (χ0v) is 11.7. The summed E-state index contributed by atoms with van der Waals surface area (Å²) < 4.78 is 31.9. The molecule has 106 valence electrons. The third-order valence-electron chi connectivity index (χ3n) is 2.94. The summed E-state index contributed by atoms with van der Waals surface area (Å²) in [5.41, 5.74) is 5.57. The Balaban J connectivity index is 2.72. The van der Waals surface area contributed by atoms with Crippen LogP contribution in [-0.4, -0.2) is 44.1 Å². The van der Waals surface area contributed by atoms with Gasteiger partial charge < -0.3 is 10.5 Å². The molecule has 0 bridgehead atoms. The van der Waals surface area contributed by atoms with Crippen molar-refractivity contribution in [3.63, 3.8) is 0 Å². The summed E-state index contributed by atoms with van der Waals surface area (Å²) in [6, 6.07) is -0.269. The number of amides is 1. The number of hydrogen-bond acceptors (Lipinski definition) is 5. The average Bonchev–Trinajstić information content (AvgIpc) is 2.57. The van der Waals surface area contributed by atoms with Crippen LogP contribution < -0.4 is 10.5 Å². The molecule has 8 heteroatoms. The van der Waals surface area contributed by atoms with Crippen LogP contribution in [0, 0.1) is 5.92 Å². The minimum absolute atomic E-state index is 0.188. The molecule has 0 radical (unpaired) electrons. The molecule has 3 N–H and O–H groups in total. The van der Waals surface area contributed by atoms with Crippen LogP contribution in [0.1, 0.15) is 27.2 Å². The molecule has 18 heavy (non-hydrogen) atoms. The van der Waals surface area contributed by atoms with Gasteiger partial charge >= 0.3 is 16.3 Å². The maximum Gasteiger partial charge on any atom is 0.422 e. The van der Waals surface area contributed by atoms with Crippen molar-refractivity contribution in [3.8, 4) is 0 Å². The number of carbonyl (C=O) groups is 1. The van der Waals surface area contributed by atoms with E-state index in [1.165, 1.54) is 4.31 Å². The van der Waals surface area contributed by atoms with Crippen molar-refractivity contribution in [2.75, 3.05) is 13.1 Å². The normalized spacial score (nSPS) is 25.4. The first kappa shape index (κ1) is 15.2. The maximum atomic E-state index is 12.0. The van der Waals surface area contributed by atoms with Gasteiger partial charge in [0.15, 0.2) is 0 Å². The van der Waals surface area contributed by atoms with Crippen LogP contribution in [-0.2, 0) is 14.9 Å². The quantitative estimate of drug-likeness (QED) is 0.756. The lowest BCUT2D eigenvalue weighted by Crippen LogP contribution is -2.49. The van der Waals surface area contributed by atoms with Crippen molar-refractivity contribution in [1.29, 1.82) is 0 Å². The van der Waals surface area contributed by atoms with Crippen molar-refractivity contribution in [1.82, 2.24) is 9.03 Å². The van der Waals surface area contributed by atoms with E-state index < -0.39 is 16.3 Å². The molecular formula is C10H21N3O4S. The molecule has 1 rings (SSSR count). The smallest absolute Gasteiger partial charge is 0.422 e. The number of nitrogens with two attached hydrogens (primary N) is 1. The van der Waals surface area contributed by atoms with Gasteiger partial charge in [0.25, 0.3) is 0 Å². The van der Waals surface area contributed by atoms with Gasteiger partial charge in [0.05, 0.1) is 6.10 Å². The Bertz CT molecular complexity index is 396. The molecule has 7 nitrogen and oxygen atoms in total. The van der Waals surface area contributed by atoms with Crippen molar-refractivity contribution in [2.45, 2.75) is 39.3 Å². The van der Waals surface area contributed by atoms with Gasteiger partial charge in [-0.15, -0.1) is 0 Å². The van der Waals surface area contributed by atoms with Crippen LogP contribution in [0.5, 0.6) is 0 Å². The Hall–Kier alpha value is -0.860. The fourth-order valence-electron chi connectivity index (χ4n) is 2.02. The summed E-state index contributed by atoms with van der Waals surface area (Å²) in [6.07, 6.45) is -0.592. The molecule has 1 aliphatic rings. The minimum atomic E-state index is -3.87. The Morgan fingerprint density at radius 1 is 1.56 bits per heavy atom. The molecule has 0 saturated carbocycles. The number of rotatable bonds is 4. The fraction of sp³-hybridized carbons (Fsp3) is 0.900. The molecule has 2 unspecified atom stereocenters. The third kappa shape index (κ3) is 3.56. The summed E-state index contributed by atoms with van der Waals surface area (Å²) in [6.45, 7) is 5.84. The van der Waals surface area contributed by atoms with Crippen molar-refractivity contribution in [3.05, 3.63) is 0 Å². The van der Waals surface area contributed by atoms with Crippen molar-refractivity contribution >= 4 is 16.3 Å². The summed E-state index contributed by atoms with van der Waals surface area (Å²) in [7, 11) is -3.87. The van der Waals surface area contributed by atoms with Gasteiger partial charge in [-0.05, 0) is 26.2 Å². The first-order chi connectivity index (χ1) is 8.27. The Morgan fingerprint density at radius 3 is 2.67 bits per heavy atom. The fourth-order valence-corrected chi connectivity index (χ4v) is 3.40. The van der Waals surface area contributed by atoms with Crippen LogP contribution >= 0.6 is 0 Å². The predicted molar refractivity (Wildman–Crippen MR) is 67.0 cm³/mol. The number of nitrogens with one attached hydrogen (secondary N) is 1. The van der Waals surface area contributed by atoms with Crippen LogP contribution in [0.3, 0.4) is 0 Å². The monoisotopic (exact) mass is 279 g/mol. The number of carbonyl (C=O) groups excluding carboxylic acids is 1. The number of hydrogen-bond donors (Lipinski definition) is 2. The standard InChI is InChI=1S/C10H21N3O4S/c1-7(2)17-10(14)12-18(15,16)13-5-4-8(3)9(13)6-11/h7-9H,4-6,11H2,1-3H3,(H,12,14). The van der Waals surface area contributed by atoms with Crippen LogP contribution in [0.25, 0.3) is 0 Å². The molecular weight excluding hydrogens is 258 g/mol.